The summed E-state index contributed by atoms with van der Waals surface area (Å²) in [5.74, 6) is -0.468. The summed E-state index contributed by atoms with van der Waals surface area (Å²) in [6, 6.07) is 13.6. The van der Waals surface area contributed by atoms with Gasteiger partial charge in [0.1, 0.15) is 0 Å². The van der Waals surface area contributed by atoms with E-state index in [0.717, 1.165) is 18.5 Å². The minimum Gasteiger partial charge on any atom is -0.462 e. The lowest BCUT2D eigenvalue weighted by Gasteiger charge is -2.07. The van der Waals surface area contributed by atoms with Gasteiger partial charge in [-0.05, 0) is 65.4 Å². The molecule has 3 rings (SSSR count). The summed E-state index contributed by atoms with van der Waals surface area (Å²) < 4.78 is 6.70. The van der Waals surface area contributed by atoms with Crippen LogP contribution in [0.1, 0.15) is 30.1 Å². The Bertz CT molecular complexity index is 992. The maximum absolute atomic E-state index is 12.3. The molecule has 0 saturated heterocycles. The lowest BCUT2D eigenvalue weighted by Crippen LogP contribution is -2.15. The molecule has 30 heavy (non-hydrogen) atoms. The van der Waals surface area contributed by atoms with E-state index in [2.05, 4.69) is 20.8 Å². The minimum atomic E-state index is -0.370. The molecule has 8 nitrogen and oxygen atoms in total. The van der Waals surface area contributed by atoms with Crippen LogP contribution in [-0.4, -0.2) is 44.4 Å². The molecule has 0 bridgehead atoms. The van der Waals surface area contributed by atoms with Gasteiger partial charge >= 0.3 is 5.97 Å². The van der Waals surface area contributed by atoms with E-state index in [0.29, 0.717) is 28.0 Å². The molecule has 1 aromatic heterocycles. The van der Waals surface area contributed by atoms with Gasteiger partial charge in [-0.1, -0.05) is 36.7 Å². The molecule has 0 saturated carbocycles. The summed E-state index contributed by atoms with van der Waals surface area (Å²) in [5, 5.41) is 15.5. The molecule has 3 aromatic rings. The SMILES string of the molecule is CCCCOC(=O)c1ccc(NC(=O)CSc2nnnn2-c2ccc(Cl)cc2)cc1. The number of nitrogens with one attached hydrogen (secondary N) is 1. The van der Waals surface area contributed by atoms with Crippen LogP contribution < -0.4 is 5.32 Å². The molecule has 0 aliphatic rings. The van der Waals surface area contributed by atoms with Crippen molar-refractivity contribution >= 4 is 40.9 Å². The van der Waals surface area contributed by atoms with E-state index in [4.69, 9.17) is 16.3 Å². The second kappa shape index (κ2) is 10.7. The Hall–Kier alpha value is -2.91. The summed E-state index contributed by atoms with van der Waals surface area (Å²) in [6.45, 7) is 2.43. The number of hydrogen-bond acceptors (Lipinski definition) is 7. The normalized spacial score (nSPS) is 10.6. The van der Waals surface area contributed by atoms with Crippen LogP contribution in [0.5, 0.6) is 0 Å². The fraction of sp³-hybridized carbons (Fsp3) is 0.250. The topological polar surface area (TPSA) is 99.0 Å². The van der Waals surface area contributed by atoms with Crippen molar-refractivity contribution in [3.05, 3.63) is 59.1 Å². The maximum atomic E-state index is 12.3. The van der Waals surface area contributed by atoms with E-state index in [1.807, 2.05) is 6.92 Å². The zero-order valence-corrected chi connectivity index (χ0v) is 17.8. The van der Waals surface area contributed by atoms with Crippen molar-refractivity contribution in [2.75, 3.05) is 17.7 Å². The van der Waals surface area contributed by atoms with E-state index in [-0.39, 0.29) is 17.6 Å². The number of unbranched alkanes of at least 4 members (excludes halogenated alkanes) is 1. The fourth-order valence-electron chi connectivity index (χ4n) is 2.42. The number of rotatable bonds is 9. The first-order valence-electron chi connectivity index (χ1n) is 9.31. The van der Waals surface area contributed by atoms with Crippen molar-refractivity contribution in [3.63, 3.8) is 0 Å². The standard InChI is InChI=1S/C20H20ClN5O3S/c1-2-3-12-29-19(28)14-4-8-16(9-5-14)22-18(27)13-30-20-23-24-25-26(20)17-10-6-15(21)7-11-17/h4-11H,2-3,12-13H2,1H3,(H,22,27). The summed E-state index contributed by atoms with van der Waals surface area (Å²) >= 11 is 7.11. The minimum absolute atomic E-state index is 0.120. The van der Waals surface area contributed by atoms with Gasteiger partial charge in [-0.3, -0.25) is 4.79 Å². The number of esters is 1. The van der Waals surface area contributed by atoms with Crippen molar-refractivity contribution in [3.8, 4) is 5.69 Å². The number of thioether (sulfide) groups is 1. The van der Waals surface area contributed by atoms with Crippen LogP contribution in [0.3, 0.4) is 0 Å². The van der Waals surface area contributed by atoms with Crippen molar-refractivity contribution in [1.82, 2.24) is 20.2 Å². The van der Waals surface area contributed by atoms with E-state index >= 15 is 0 Å². The summed E-state index contributed by atoms with van der Waals surface area (Å²) in [7, 11) is 0. The van der Waals surface area contributed by atoms with Gasteiger partial charge in [0, 0.05) is 10.7 Å². The zero-order valence-electron chi connectivity index (χ0n) is 16.2. The number of carbonyl (C=O) groups excluding carboxylic acids is 2. The molecule has 0 fully saturated rings. The number of ether oxygens (including phenoxy) is 1. The second-order valence-electron chi connectivity index (χ2n) is 6.25. The van der Waals surface area contributed by atoms with Crippen LogP contribution in [0, 0.1) is 0 Å². The first kappa shape index (κ1) is 21.8. The molecule has 0 radical (unpaired) electrons. The third-order valence-electron chi connectivity index (χ3n) is 3.98. The number of anilines is 1. The number of tetrazole rings is 1. The lowest BCUT2D eigenvalue weighted by atomic mass is 10.2. The van der Waals surface area contributed by atoms with Gasteiger partial charge in [-0.25, -0.2) is 4.79 Å². The van der Waals surface area contributed by atoms with Crippen LogP contribution in [0.25, 0.3) is 5.69 Å². The highest BCUT2D eigenvalue weighted by Gasteiger charge is 2.12. The van der Waals surface area contributed by atoms with E-state index < -0.39 is 0 Å². The monoisotopic (exact) mass is 445 g/mol. The molecule has 10 heteroatoms. The van der Waals surface area contributed by atoms with Gasteiger partial charge in [0.05, 0.1) is 23.6 Å². The van der Waals surface area contributed by atoms with Crippen LogP contribution >= 0.6 is 23.4 Å². The molecule has 0 aliphatic heterocycles. The van der Waals surface area contributed by atoms with Gasteiger partial charge in [0.25, 0.3) is 0 Å². The highest BCUT2D eigenvalue weighted by Crippen LogP contribution is 2.20. The number of aromatic nitrogens is 4. The van der Waals surface area contributed by atoms with Crippen molar-refractivity contribution < 1.29 is 14.3 Å². The lowest BCUT2D eigenvalue weighted by molar-refractivity contribution is -0.113. The van der Waals surface area contributed by atoms with Crippen molar-refractivity contribution in [2.45, 2.75) is 24.9 Å². The molecular weight excluding hydrogens is 426 g/mol. The number of amides is 1. The Morgan fingerprint density at radius 3 is 2.57 bits per heavy atom. The predicted octanol–water partition coefficient (Wildman–Crippen LogP) is 4.00. The zero-order chi connectivity index (χ0) is 21.3. The van der Waals surface area contributed by atoms with Gasteiger partial charge < -0.3 is 10.1 Å². The van der Waals surface area contributed by atoms with Gasteiger partial charge in [0.15, 0.2) is 0 Å². The highest BCUT2D eigenvalue weighted by atomic mass is 35.5. The molecular formula is C20H20ClN5O3S. The third-order valence-corrected chi connectivity index (χ3v) is 5.15. The first-order chi connectivity index (χ1) is 14.6. The average molecular weight is 446 g/mol. The first-order valence-corrected chi connectivity index (χ1v) is 10.7. The fourth-order valence-corrected chi connectivity index (χ4v) is 3.24. The highest BCUT2D eigenvalue weighted by molar-refractivity contribution is 7.99. The number of nitrogens with zero attached hydrogens (tertiary/aromatic N) is 4. The number of halogens is 1. The second-order valence-corrected chi connectivity index (χ2v) is 7.63. The van der Waals surface area contributed by atoms with Gasteiger partial charge in [0.2, 0.25) is 11.1 Å². The predicted molar refractivity (Wildman–Crippen MR) is 115 cm³/mol. The van der Waals surface area contributed by atoms with Crippen LogP contribution in [0.4, 0.5) is 5.69 Å². The Labute approximate surface area is 182 Å². The summed E-state index contributed by atoms with van der Waals surface area (Å²) in [4.78, 5) is 24.2. The van der Waals surface area contributed by atoms with Crippen molar-refractivity contribution in [2.24, 2.45) is 0 Å². The maximum Gasteiger partial charge on any atom is 0.338 e. The Morgan fingerprint density at radius 1 is 1.13 bits per heavy atom. The van der Waals surface area contributed by atoms with E-state index in [9.17, 15) is 9.59 Å². The van der Waals surface area contributed by atoms with Gasteiger partial charge in [-0.15, -0.1) is 5.10 Å². The quantitative estimate of drug-likeness (QED) is 0.302. The molecule has 0 atom stereocenters. The van der Waals surface area contributed by atoms with Crippen LogP contribution in [0.15, 0.2) is 53.7 Å². The number of carbonyl (C=O) groups is 2. The molecule has 0 spiro atoms. The molecule has 2 aromatic carbocycles. The molecule has 0 aliphatic carbocycles. The van der Waals surface area contributed by atoms with E-state index in [1.54, 1.807) is 48.5 Å². The van der Waals surface area contributed by atoms with Crippen LogP contribution in [-0.2, 0) is 9.53 Å². The van der Waals surface area contributed by atoms with Crippen LogP contribution in [0.2, 0.25) is 5.02 Å². The molecule has 1 amide bonds. The molecule has 1 heterocycles. The summed E-state index contributed by atoms with van der Waals surface area (Å²) in [6.07, 6.45) is 1.79. The Balaban J connectivity index is 1.52. The summed E-state index contributed by atoms with van der Waals surface area (Å²) in [5.41, 5.74) is 1.78. The Kier molecular flexibility index (Phi) is 7.81. The number of benzene rings is 2. The molecule has 156 valence electrons. The number of hydrogen-bond donors (Lipinski definition) is 1. The van der Waals surface area contributed by atoms with Crippen molar-refractivity contribution in [1.29, 1.82) is 0 Å². The molecule has 1 N–H and O–H groups in total. The largest absolute Gasteiger partial charge is 0.462 e. The van der Waals surface area contributed by atoms with Gasteiger partial charge in [-0.2, -0.15) is 4.68 Å². The average Bonchev–Trinajstić information content (AvgIpc) is 3.22. The molecule has 0 unspecified atom stereocenters. The Morgan fingerprint density at radius 2 is 1.87 bits per heavy atom. The third kappa shape index (κ3) is 6.04. The smallest absolute Gasteiger partial charge is 0.338 e. The van der Waals surface area contributed by atoms with E-state index in [1.165, 1.54) is 16.4 Å².